The van der Waals surface area contributed by atoms with Gasteiger partial charge in [-0.15, -0.1) is 0 Å². The lowest BCUT2D eigenvalue weighted by molar-refractivity contribution is 0.543. The van der Waals surface area contributed by atoms with Gasteiger partial charge in [-0.2, -0.15) is 0 Å². The predicted octanol–water partition coefficient (Wildman–Crippen LogP) is 3.96. The minimum Gasteiger partial charge on any atom is -0.271 e. The molecule has 0 aliphatic heterocycles. The van der Waals surface area contributed by atoms with Crippen molar-refractivity contribution in [3.05, 3.63) is 69.0 Å². The summed E-state index contributed by atoms with van der Waals surface area (Å²) in [5.74, 6) is 3.20. The van der Waals surface area contributed by atoms with Crippen LogP contribution >= 0.6 is 23.2 Å². The molecule has 106 valence electrons. The van der Waals surface area contributed by atoms with Crippen LogP contribution in [0.15, 0.2) is 30.3 Å². The number of nitrogens with two attached hydrogens (primary N) is 1. The zero-order valence-corrected chi connectivity index (χ0v) is 11.4. The Morgan fingerprint density at radius 3 is 2.25 bits per heavy atom. The fourth-order valence-corrected chi connectivity index (χ4v) is 2.22. The SMILES string of the molecule is NNC(c1cc(F)c(Cl)cc1F)c1cc(F)ccc1Cl. The second-order valence-corrected chi connectivity index (χ2v) is 4.87. The van der Waals surface area contributed by atoms with E-state index in [2.05, 4.69) is 5.43 Å². The number of benzene rings is 2. The Balaban J connectivity index is 2.58. The highest BCUT2D eigenvalue weighted by atomic mass is 35.5. The number of halogens is 5. The average molecular weight is 321 g/mol. The molecule has 7 heteroatoms. The molecule has 1 atom stereocenters. The van der Waals surface area contributed by atoms with Gasteiger partial charge in [0.1, 0.15) is 17.5 Å². The van der Waals surface area contributed by atoms with Gasteiger partial charge in [0.2, 0.25) is 0 Å². The van der Waals surface area contributed by atoms with E-state index in [9.17, 15) is 13.2 Å². The second kappa shape index (κ2) is 6.01. The quantitative estimate of drug-likeness (QED) is 0.510. The summed E-state index contributed by atoms with van der Waals surface area (Å²) in [6.45, 7) is 0. The van der Waals surface area contributed by atoms with Crippen molar-refractivity contribution in [2.45, 2.75) is 6.04 Å². The van der Waals surface area contributed by atoms with Crippen LogP contribution < -0.4 is 11.3 Å². The van der Waals surface area contributed by atoms with Gasteiger partial charge >= 0.3 is 0 Å². The van der Waals surface area contributed by atoms with E-state index in [1.54, 1.807) is 0 Å². The lowest BCUT2D eigenvalue weighted by atomic mass is 9.98. The van der Waals surface area contributed by atoms with Crippen LogP contribution in [0.2, 0.25) is 10.0 Å². The van der Waals surface area contributed by atoms with Gasteiger partial charge in [0, 0.05) is 10.6 Å². The van der Waals surface area contributed by atoms with Crippen LogP contribution in [0.5, 0.6) is 0 Å². The van der Waals surface area contributed by atoms with E-state index >= 15 is 0 Å². The topological polar surface area (TPSA) is 38.0 Å². The Kier molecular flexibility index (Phi) is 4.55. The van der Waals surface area contributed by atoms with Crippen molar-refractivity contribution in [1.82, 2.24) is 5.43 Å². The van der Waals surface area contributed by atoms with E-state index in [4.69, 9.17) is 29.0 Å². The maximum Gasteiger partial charge on any atom is 0.142 e. The van der Waals surface area contributed by atoms with Crippen molar-refractivity contribution in [3.63, 3.8) is 0 Å². The second-order valence-electron chi connectivity index (χ2n) is 4.05. The summed E-state index contributed by atoms with van der Waals surface area (Å²) < 4.78 is 40.7. The van der Waals surface area contributed by atoms with Crippen LogP contribution in [0, 0.1) is 17.5 Å². The molecule has 0 heterocycles. The highest BCUT2D eigenvalue weighted by Crippen LogP contribution is 2.32. The van der Waals surface area contributed by atoms with Crippen molar-refractivity contribution < 1.29 is 13.2 Å². The Morgan fingerprint density at radius 2 is 1.60 bits per heavy atom. The van der Waals surface area contributed by atoms with Gasteiger partial charge in [-0.1, -0.05) is 23.2 Å². The van der Waals surface area contributed by atoms with E-state index < -0.39 is 23.5 Å². The summed E-state index contributed by atoms with van der Waals surface area (Å²) in [5, 5.41) is -0.184. The van der Waals surface area contributed by atoms with Crippen molar-refractivity contribution in [3.8, 4) is 0 Å². The third-order valence-electron chi connectivity index (χ3n) is 2.79. The third kappa shape index (κ3) is 2.91. The molecule has 0 aliphatic carbocycles. The fraction of sp³-hybridized carbons (Fsp3) is 0.0769. The lowest BCUT2D eigenvalue weighted by Crippen LogP contribution is -2.30. The van der Waals surface area contributed by atoms with Crippen LogP contribution in [-0.2, 0) is 0 Å². The zero-order valence-electron chi connectivity index (χ0n) is 9.93. The van der Waals surface area contributed by atoms with Crippen molar-refractivity contribution >= 4 is 23.2 Å². The van der Waals surface area contributed by atoms with E-state index in [1.165, 1.54) is 6.07 Å². The summed E-state index contributed by atoms with van der Waals surface area (Å²) in [6.07, 6.45) is 0. The molecule has 0 saturated carbocycles. The first-order chi connectivity index (χ1) is 9.43. The molecule has 0 amide bonds. The first kappa shape index (κ1) is 15.1. The van der Waals surface area contributed by atoms with Gasteiger partial charge in [0.05, 0.1) is 11.1 Å². The minimum absolute atomic E-state index is 0.123. The number of hydrogen-bond acceptors (Lipinski definition) is 2. The number of rotatable bonds is 3. The molecule has 0 bridgehead atoms. The smallest absolute Gasteiger partial charge is 0.142 e. The zero-order chi connectivity index (χ0) is 14.9. The highest BCUT2D eigenvalue weighted by molar-refractivity contribution is 6.31. The molecule has 20 heavy (non-hydrogen) atoms. The first-order valence-electron chi connectivity index (χ1n) is 5.49. The van der Waals surface area contributed by atoms with Gasteiger partial charge in [-0.25, -0.2) is 18.6 Å². The fourth-order valence-electron chi connectivity index (χ4n) is 1.84. The summed E-state index contributed by atoms with van der Waals surface area (Å²) in [7, 11) is 0. The minimum atomic E-state index is -1.01. The Hall–Kier alpha value is -1.27. The van der Waals surface area contributed by atoms with Gasteiger partial charge < -0.3 is 0 Å². The number of hydrazine groups is 1. The average Bonchev–Trinajstić information content (AvgIpc) is 2.40. The first-order valence-corrected chi connectivity index (χ1v) is 6.25. The molecular formula is C13H9Cl2F3N2. The van der Waals surface area contributed by atoms with Crippen LogP contribution in [0.4, 0.5) is 13.2 Å². The van der Waals surface area contributed by atoms with Gasteiger partial charge in [-0.3, -0.25) is 5.84 Å². The Bertz CT molecular complexity index is 650. The predicted molar refractivity (Wildman–Crippen MR) is 71.9 cm³/mol. The van der Waals surface area contributed by atoms with Gasteiger partial charge in [0.15, 0.2) is 0 Å². The molecule has 2 aromatic rings. The van der Waals surface area contributed by atoms with Crippen molar-refractivity contribution in [1.29, 1.82) is 0 Å². The summed E-state index contributed by atoms with van der Waals surface area (Å²) in [5.41, 5.74) is 2.36. The maximum absolute atomic E-state index is 13.9. The standard InChI is InChI=1S/C13H9Cl2F3N2/c14-9-2-1-6(16)3-7(9)13(20-19)8-4-12(18)10(15)5-11(8)17/h1-5,13,20H,19H2. The Labute approximate surface area is 123 Å². The lowest BCUT2D eigenvalue weighted by Gasteiger charge is -2.19. The molecule has 2 aromatic carbocycles. The number of hydrogen-bond donors (Lipinski definition) is 2. The van der Waals surface area contributed by atoms with E-state index in [0.717, 1.165) is 24.3 Å². The maximum atomic E-state index is 13.9. The molecule has 0 spiro atoms. The van der Waals surface area contributed by atoms with E-state index in [-0.39, 0.29) is 21.2 Å². The molecule has 0 radical (unpaired) electrons. The Morgan fingerprint density at radius 1 is 0.900 bits per heavy atom. The van der Waals surface area contributed by atoms with Crippen LogP contribution in [-0.4, -0.2) is 0 Å². The summed E-state index contributed by atoms with van der Waals surface area (Å²) in [4.78, 5) is 0. The molecule has 1 unspecified atom stereocenters. The molecule has 0 fully saturated rings. The van der Waals surface area contributed by atoms with Crippen molar-refractivity contribution in [2.24, 2.45) is 5.84 Å². The molecule has 3 N–H and O–H groups in total. The molecule has 0 saturated heterocycles. The molecular weight excluding hydrogens is 312 g/mol. The van der Waals surface area contributed by atoms with Crippen LogP contribution in [0.3, 0.4) is 0 Å². The molecule has 0 aliphatic rings. The molecule has 2 rings (SSSR count). The van der Waals surface area contributed by atoms with Crippen LogP contribution in [0.1, 0.15) is 17.2 Å². The summed E-state index contributed by atoms with van der Waals surface area (Å²) >= 11 is 11.4. The van der Waals surface area contributed by atoms with Crippen LogP contribution in [0.25, 0.3) is 0 Å². The molecule has 0 aromatic heterocycles. The summed E-state index contributed by atoms with van der Waals surface area (Å²) in [6, 6.07) is 4.26. The third-order valence-corrected chi connectivity index (χ3v) is 3.42. The largest absolute Gasteiger partial charge is 0.271 e. The van der Waals surface area contributed by atoms with E-state index in [0.29, 0.717) is 0 Å². The van der Waals surface area contributed by atoms with Gasteiger partial charge in [0.25, 0.3) is 0 Å². The van der Waals surface area contributed by atoms with Gasteiger partial charge in [-0.05, 0) is 35.9 Å². The normalized spacial score (nSPS) is 12.5. The number of nitrogens with one attached hydrogen (secondary N) is 1. The monoisotopic (exact) mass is 320 g/mol. The van der Waals surface area contributed by atoms with Crippen molar-refractivity contribution in [2.75, 3.05) is 0 Å². The highest BCUT2D eigenvalue weighted by Gasteiger charge is 2.21. The molecule has 2 nitrogen and oxygen atoms in total. The van der Waals surface area contributed by atoms with E-state index in [1.807, 2.05) is 0 Å².